The second-order valence-electron chi connectivity index (χ2n) is 5.80. The molecule has 1 aromatic rings. The zero-order valence-electron chi connectivity index (χ0n) is 13.2. The van der Waals surface area contributed by atoms with Crippen LogP contribution in [0.1, 0.15) is 26.3 Å². The quantitative estimate of drug-likeness (QED) is 0.848. The number of hydrogen-bond donors (Lipinski definition) is 1. The molecular formula is C15H28N4O. The first-order chi connectivity index (χ1) is 9.63. The van der Waals surface area contributed by atoms with Crippen molar-refractivity contribution in [3.63, 3.8) is 0 Å². The second kappa shape index (κ2) is 7.20. The predicted octanol–water partition coefficient (Wildman–Crippen LogP) is 1.14. The maximum Gasteiger partial charge on any atom is 0.0858 e. The molecule has 0 saturated carbocycles. The Morgan fingerprint density at radius 1 is 1.50 bits per heavy atom. The number of aromatic nitrogens is 2. The molecule has 1 saturated heterocycles. The third-order valence-corrected chi connectivity index (χ3v) is 4.14. The minimum Gasteiger partial charge on any atom is -0.374 e. The highest BCUT2D eigenvalue weighted by Crippen LogP contribution is 2.15. The van der Waals surface area contributed by atoms with E-state index in [4.69, 9.17) is 4.74 Å². The van der Waals surface area contributed by atoms with E-state index >= 15 is 0 Å². The van der Waals surface area contributed by atoms with Gasteiger partial charge in [-0.15, -0.1) is 0 Å². The van der Waals surface area contributed by atoms with Crippen LogP contribution in [0, 0.1) is 0 Å². The molecule has 1 aliphatic heterocycles. The summed E-state index contributed by atoms with van der Waals surface area (Å²) in [6, 6.07) is 0.924. The molecule has 20 heavy (non-hydrogen) atoms. The van der Waals surface area contributed by atoms with Gasteiger partial charge in [0.15, 0.2) is 0 Å². The van der Waals surface area contributed by atoms with Gasteiger partial charge in [0.25, 0.3) is 0 Å². The minimum absolute atomic E-state index is 0.251. The van der Waals surface area contributed by atoms with Crippen molar-refractivity contribution in [3.05, 3.63) is 18.0 Å². The molecule has 0 bridgehead atoms. The SMILES string of the molecule is CCn1cc(CC(NC)C2CN(C(C)C)CCO2)cn1. The molecule has 1 aliphatic rings. The highest BCUT2D eigenvalue weighted by molar-refractivity contribution is 5.07. The Labute approximate surface area is 122 Å². The first kappa shape index (κ1) is 15.5. The van der Waals surface area contributed by atoms with Crippen LogP contribution in [0.5, 0.6) is 0 Å². The van der Waals surface area contributed by atoms with Crippen LogP contribution in [-0.4, -0.2) is 59.6 Å². The van der Waals surface area contributed by atoms with Crippen molar-refractivity contribution < 1.29 is 4.74 Å². The molecule has 0 radical (unpaired) electrons. The molecule has 2 atom stereocenters. The Morgan fingerprint density at radius 3 is 2.90 bits per heavy atom. The first-order valence-corrected chi connectivity index (χ1v) is 7.68. The maximum atomic E-state index is 5.99. The van der Waals surface area contributed by atoms with E-state index in [0.717, 1.165) is 32.7 Å². The molecule has 0 aromatic carbocycles. The molecule has 2 rings (SSSR count). The summed E-state index contributed by atoms with van der Waals surface area (Å²) in [6.07, 6.45) is 5.32. The van der Waals surface area contributed by atoms with E-state index in [1.165, 1.54) is 5.56 Å². The Bertz CT molecular complexity index is 404. The van der Waals surface area contributed by atoms with E-state index in [1.54, 1.807) is 0 Å². The predicted molar refractivity (Wildman–Crippen MR) is 80.9 cm³/mol. The average molecular weight is 280 g/mol. The van der Waals surface area contributed by atoms with Gasteiger partial charge in [-0.2, -0.15) is 5.10 Å². The lowest BCUT2D eigenvalue weighted by Gasteiger charge is -2.38. The Kier molecular flexibility index (Phi) is 5.57. The van der Waals surface area contributed by atoms with Crippen LogP contribution >= 0.6 is 0 Å². The average Bonchev–Trinajstić information content (AvgIpc) is 2.92. The third-order valence-electron chi connectivity index (χ3n) is 4.14. The number of ether oxygens (including phenoxy) is 1. The Balaban J connectivity index is 1.96. The lowest BCUT2D eigenvalue weighted by atomic mass is 10.0. The van der Waals surface area contributed by atoms with Crippen LogP contribution in [0.3, 0.4) is 0 Å². The fourth-order valence-electron chi connectivity index (χ4n) is 2.77. The van der Waals surface area contributed by atoms with E-state index in [0.29, 0.717) is 12.1 Å². The molecule has 1 N–H and O–H groups in total. The number of morpholine rings is 1. The van der Waals surface area contributed by atoms with Gasteiger partial charge in [0.2, 0.25) is 0 Å². The third kappa shape index (κ3) is 3.81. The highest BCUT2D eigenvalue weighted by Gasteiger charge is 2.28. The summed E-state index contributed by atoms with van der Waals surface area (Å²) in [4.78, 5) is 2.49. The minimum atomic E-state index is 0.251. The molecule has 0 aliphatic carbocycles. The van der Waals surface area contributed by atoms with Crippen molar-refractivity contribution >= 4 is 0 Å². The molecule has 1 fully saturated rings. The molecular weight excluding hydrogens is 252 g/mol. The normalized spacial score (nSPS) is 22.4. The van der Waals surface area contributed by atoms with Gasteiger partial charge in [0.1, 0.15) is 0 Å². The molecule has 2 unspecified atom stereocenters. The topological polar surface area (TPSA) is 42.3 Å². The lowest BCUT2D eigenvalue weighted by Crippen LogP contribution is -2.53. The van der Waals surface area contributed by atoms with Crippen molar-refractivity contribution in [2.45, 2.75) is 51.9 Å². The van der Waals surface area contributed by atoms with Crippen molar-refractivity contribution in [1.29, 1.82) is 0 Å². The zero-order chi connectivity index (χ0) is 14.5. The van der Waals surface area contributed by atoms with Gasteiger partial charge in [-0.3, -0.25) is 9.58 Å². The largest absolute Gasteiger partial charge is 0.374 e. The Morgan fingerprint density at radius 2 is 2.30 bits per heavy atom. The fraction of sp³-hybridized carbons (Fsp3) is 0.800. The van der Waals surface area contributed by atoms with Gasteiger partial charge in [-0.05, 0) is 39.8 Å². The van der Waals surface area contributed by atoms with Crippen LogP contribution in [-0.2, 0) is 17.7 Å². The molecule has 2 heterocycles. The Hall–Kier alpha value is -0.910. The van der Waals surface area contributed by atoms with E-state index < -0.39 is 0 Å². The standard InChI is InChI=1S/C15H28N4O/c1-5-19-10-13(9-17-19)8-14(16-4)15-11-18(12(2)3)6-7-20-15/h9-10,12,14-16H,5-8,11H2,1-4H3. The van der Waals surface area contributed by atoms with Gasteiger partial charge in [0, 0.05) is 37.9 Å². The van der Waals surface area contributed by atoms with Gasteiger partial charge < -0.3 is 10.1 Å². The molecule has 5 nitrogen and oxygen atoms in total. The second-order valence-corrected chi connectivity index (χ2v) is 5.80. The maximum absolute atomic E-state index is 5.99. The van der Waals surface area contributed by atoms with Crippen LogP contribution in [0.25, 0.3) is 0 Å². The van der Waals surface area contributed by atoms with Crippen molar-refractivity contribution in [2.24, 2.45) is 0 Å². The smallest absolute Gasteiger partial charge is 0.0858 e. The molecule has 5 heteroatoms. The van der Waals surface area contributed by atoms with Gasteiger partial charge in [-0.1, -0.05) is 0 Å². The number of rotatable bonds is 6. The number of likely N-dealkylation sites (N-methyl/N-ethyl adjacent to an activating group) is 1. The highest BCUT2D eigenvalue weighted by atomic mass is 16.5. The van der Waals surface area contributed by atoms with E-state index in [1.807, 2.05) is 17.9 Å². The first-order valence-electron chi connectivity index (χ1n) is 7.68. The van der Waals surface area contributed by atoms with Crippen molar-refractivity contribution in [3.8, 4) is 0 Å². The lowest BCUT2D eigenvalue weighted by molar-refractivity contribution is -0.0541. The van der Waals surface area contributed by atoms with Crippen LogP contribution in [0.15, 0.2) is 12.4 Å². The number of nitrogens with zero attached hydrogens (tertiary/aromatic N) is 3. The van der Waals surface area contributed by atoms with Crippen LogP contribution in [0.2, 0.25) is 0 Å². The van der Waals surface area contributed by atoms with Crippen molar-refractivity contribution in [1.82, 2.24) is 20.0 Å². The molecule has 114 valence electrons. The molecule has 1 aromatic heterocycles. The fourth-order valence-corrected chi connectivity index (χ4v) is 2.77. The zero-order valence-corrected chi connectivity index (χ0v) is 13.2. The van der Waals surface area contributed by atoms with Gasteiger partial charge in [-0.25, -0.2) is 0 Å². The molecule has 0 amide bonds. The van der Waals surface area contributed by atoms with Gasteiger partial charge >= 0.3 is 0 Å². The summed E-state index contributed by atoms with van der Waals surface area (Å²) in [6.45, 7) is 10.4. The summed E-state index contributed by atoms with van der Waals surface area (Å²) in [7, 11) is 2.02. The van der Waals surface area contributed by atoms with Crippen molar-refractivity contribution in [2.75, 3.05) is 26.7 Å². The van der Waals surface area contributed by atoms with E-state index in [9.17, 15) is 0 Å². The van der Waals surface area contributed by atoms with E-state index in [2.05, 4.69) is 42.3 Å². The monoisotopic (exact) mass is 280 g/mol. The summed E-state index contributed by atoms with van der Waals surface area (Å²) in [5.74, 6) is 0. The summed E-state index contributed by atoms with van der Waals surface area (Å²) in [5, 5.41) is 7.77. The number of nitrogens with one attached hydrogen (secondary N) is 1. The van der Waals surface area contributed by atoms with Gasteiger partial charge in [0.05, 0.1) is 18.9 Å². The van der Waals surface area contributed by atoms with Crippen LogP contribution < -0.4 is 5.32 Å². The van der Waals surface area contributed by atoms with Crippen LogP contribution in [0.4, 0.5) is 0 Å². The molecule has 0 spiro atoms. The summed E-state index contributed by atoms with van der Waals surface area (Å²) < 4.78 is 7.96. The summed E-state index contributed by atoms with van der Waals surface area (Å²) >= 11 is 0. The number of aryl methyl sites for hydroxylation is 1. The summed E-state index contributed by atoms with van der Waals surface area (Å²) in [5.41, 5.74) is 1.27. The van der Waals surface area contributed by atoms with E-state index in [-0.39, 0.29) is 6.10 Å². The number of hydrogen-bond acceptors (Lipinski definition) is 4.